The zero-order valence-corrected chi connectivity index (χ0v) is 16.8. The van der Waals surface area contributed by atoms with Crippen molar-refractivity contribution in [2.75, 3.05) is 31.1 Å². The summed E-state index contributed by atoms with van der Waals surface area (Å²) in [6.45, 7) is 3.91. The fourth-order valence-corrected chi connectivity index (χ4v) is 5.59. The van der Waals surface area contributed by atoms with Gasteiger partial charge in [0.2, 0.25) is 0 Å². The molecule has 0 amide bonds. The minimum Gasteiger partial charge on any atom is -0.393 e. The highest BCUT2D eigenvalue weighted by molar-refractivity contribution is 8.00. The molecule has 1 aromatic carbocycles. The SMILES string of the molecule is Clc1cccc(CCCN2CCC3(CSC3)C2)c1.OC1CCCCC1. The first-order valence-electron chi connectivity index (χ1n) is 9.88. The second-order valence-electron chi connectivity index (χ2n) is 8.04. The van der Waals surface area contributed by atoms with Gasteiger partial charge in [-0.15, -0.1) is 0 Å². The van der Waals surface area contributed by atoms with E-state index in [0.29, 0.717) is 5.41 Å². The van der Waals surface area contributed by atoms with Gasteiger partial charge < -0.3 is 10.0 Å². The number of hydrogen-bond donors (Lipinski definition) is 1. The summed E-state index contributed by atoms with van der Waals surface area (Å²) in [4.78, 5) is 2.66. The highest BCUT2D eigenvalue weighted by Gasteiger charge is 2.43. The summed E-state index contributed by atoms with van der Waals surface area (Å²) in [5, 5.41) is 9.77. The average Bonchev–Trinajstić information content (AvgIpc) is 3.01. The van der Waals surface area contributed by atoms with Crippen LogP contribution < -0.4 is 0 Å². The molecule has 0 unspecified atom stereocenters. The van der Waals surface area contributed by atoms with Crippen LogP contribution in [0, 0.1) is 5.41 Å². The molecule has 1 aromatic rings. The van der Waals surface area contributed by atoms with Gasteiger partial charge in [-0.05, 0) is 62.9 Å². The molecular weight excluding hydrogens is 350 g/mol. The van der Waals surface area contributed by atoms with Crippen LogP contribution in [0.25, 0.3) is 0 Å². The number of likely N-dealkylation sites (tertiary alicyclic amines) is 1. The van der Waals surface area contributed by atoms with E-state index in [-0.39, 0.29) is 6.10 Å². The van der Waals surface area contributed by atoms with Gasteiger partial charge in [0.25, 0.3) is 0 Å². The number of nitrogens with zero attached hydrogens (tertiary/aromatic N) is 1. The Labute approximate surface area is 162 Å². The summed E-state index contributed by atoms with van der Waals surface area (Å²) in [6, 6.07) is 8.27. The summed E-state index contributed by atoms with van der Waals surface area (Å²) < 4.78 is 0. The van der Waals surface area contributed by atoms with Gasteiger partial charge in [0, 0.05) is 28.5 Å². The van der Waals surface area contributed by atoms with Gasteiger partial charge in [0.15, 0.2) is 0 Å². The Balaban J connectivity index is 0.000000219. The maximum Gasteiger partial charge on any atom is 0.0540 e. The molecule has 2 nitrogen and oxygen atoms in total. The van der Waals surface area contributed by atoms with E-state index >= 15 is 0 Å². The highest BCUT2D eigenvalue weighted by atomic mass is 35.5. The van der Waals surface area contributed by atoms with Crippen LogP contribution >= 0.6 is 23.4 Å². The molecule has 0 aromatic heterocycles. The zero-order chi connectivity index (χ0) is 17.5. The third kappa shape index (κ3) is 6.16. The smallest absolute Gasteiger partial charge is 0.0540 e. The molecule has 140 valence electrons. The van der Waals surface area contributed by atoms with Crippen molar-refractivity contribution < 1.29 is 5.11 Å². The molecule has 4 heteroatoms. The molecule has 2 aliphatic heterocycles. The van der Waals surface area contributed by atoms with Crippen LogP contribution in [-0.4, -0.2) is 47.3 Å². The molecule has 1 spiro atoms. The number of aryl methyl sites for hydroxylation is 1. The molecule has 1 N–H and O–H groups in total. The van der Waals surface area contributed by atoms with E-state index in [1.165, 1.54) is 68.8 Å². The maximum atomic E-state index is 8.91. The van der Waals surface area contributed by atoms with Crippen LogP contribution in [0.1, 0.15) is 50.5 Å². The largest absolute Gasteiger partial charge is 0.393 e. The molecule has 2 saturated heterocycles. The molecule has 25 heavy (non-hydrogen) atoms. The molecular formula is C21H32ClNOS. The van der Waals surface area contributed by atoms with E-state index in [1.807, 2.05) is 12.1 Å². The third-order valence-electron chi connectivity index (χ3n) is 5.74. The summed E-state index contributed by atoms with van der Waals surface area (Å²) in [5.41, 5.74) is 2.08. The zero-order valence-electron chi connectivity index (χ0n) is 15.3. The molecule has 1 saturated carbocycles. The van der Waals surface area contributed by atoms with Gasteiger partial charge in [-0.25, -0.2) is 0 Å². The van der Waals surface area contributed by atoms with Gasteiger partial charge in [0.1, 0.15) is 0 Å². The predicted octanol–water partition coefficient (Wildman–Crippen LogP) is 5.02. The molecule has 1 aliphatic carbocycles. The molecule has 0 bridgehead atoms. The van der Waals surface area contributed by atoms with E-state index in [1.54, 1.807) is 0 Å². The summed E-state index contributed by atoms with van der Waals surface area (Å²) in [5.74, 6) is 2.80. The van der Waals surface area contributed by atoms with Crippen molar-refractivity contribution in [3.05, 3.63) is 34.9 Å². The quantitative estimate of drug-likeness (QED) is 0.791. The molecule has 0 radical (unpaired) electrons. The Bertz CT molecular complexity index is 528. The fraction of sp³-hybridized carbons (Fsp3) is 0.714. The van der Waals surface area contributed by atoms with Crippen LogP contribution in [0.15, 0.2) is 24.3 Å². The lowest BCUT2D eigenvalue weighted by Gasteiger charge is -2.37. The topological polar surface area (TPSA) is 23.5 Å². The lowest BCUT2D eigenvalue weighted by atomic mass is 9.91. The van der Waals surface area contributed by atoms with Crippen LogP contribution in [0.5, 0.6) is 0 Å². The molecule has 4 rings (SSSR count). The maximum absolute atomic E-state index is 8.91. The first-order valence-corrected chi connectivity index (χ1v) is 11.4. The molecule has 2 heterocycles. The number of aliphatic hydroxyl groups is 1. The van der Waals surface area contributed by atoms with Crippen LogP contribution in [-0.2, 0) is 6.42 Å². The van der Waals surface area contributed by atoms with Crippen molar-refractivity contribution in [1.29, 1.82) is 0 Å². The molecule has 0 atom stereocenters. The third-order valence-corrected chi connectivity index (χ3v) is 7.61. The fourth-order valence-electron chi connectivity index (χ4n) is 4.13. The Hall–Kier alpha value is -0.220. The lowest BCUT2D eigenvalue weighted by molar-refractivity contribution is 0.130. The highest BCUT2D eigenvalue weighted by Crippen LogP contribution is 2.45. The van der Waals surface area contributed by atoms with E-state index in [9.17, 15) is 0 Å². The van der Waals surface area contributed by atoms with E-state index < -0.39 is 0 Å². The monoisotopic (exact) mass is 381 g/mol. The van der Waals surface area contributed by atoms with Gasteiger partial charge in [-0.3, -0.25) is 0 Å². The molecule has 3 fully saturated rings. The number of rotatable bonds is 4. The minimum absolute atomic E-state index is 0.0359. The number of thioether (sulfide) groups is 1. The second-order valence-corrected chi connectivity index (χ2v) is 9.47. The summed E-state index contributed by atoms with van der Waals surface area (Å²) in [7, 11) is 0. The van der Waals surface area contributed by atoms with Crippen molar-refractivity contribution in [3.63, 3.8) is 0 Å². The van der Waals surface area contributed by atoms with Crippen molar-refractivity contribution in [1.82, 2.24) is 4.90 Å². The normalized spacial score (nSPS) is 23.1. The number of hydrogen-bond acceptors (Lipinski definition) is 3. The first kappa shape index (κ1) is 19.5. The van der Waals surface area contributed by atoms with Crippen molar-refractivity contribution >= 4 is 23.4 Å². The second kappa shape index (κ2) is 9.64. The lowest BCUT2D eigenvalue weighted by Crippen LogP contribution is -2.38. The van der Waals surface area contributed by atoms with E-state index in [0.717, 1.165) is 24.3 Å². The average molecular weight is 382 g/mol. The van der Waals surface area contributed by atoms with Gasteiger partial charge in [-0.1, -0.05) is 43.0 Å². The minimum atomic E-state index is 0.0359. The van der Waals surface area contributed by atoms with E-state index in [2.05, 4.69) is 28.8 Å². The van der Waals surface area contributed by atoms with E-state index in [4.69, 9.17) is 16.7 Å². The summed E-state index contributed by atoms with van der Waals surface area (Å²) in [6.07, 6.45) is 9.76. The summed E-state index contributed by atoms with van der Waals surface area (Å²) >= 11 is 8.12. The van der Waals surface area contributed by atoms with Crippen molar-refractivity contribution in [3.8, 4) is 0 Å². The van der Waals surface area contributed by atoms with Crippen LogP contribution in [0.3, 0.4) is 0 Å². The Kier molecular flexibility index (Phi) is 7.53. The predicted molar refractivity (Wildman–Crippen MR) is 110 cm³/mol. The number of benzene rings is 1. The van der Waals surface area contributed by atoms with Crippen LogP contribution in [0.2, 0.25) is 5.02 Å². The Morgan fingerprint density at radius 2 is 2.00 bits per heavy atom. The van der Waals surface area contributed by atoms with Gasteiger partial charge in [0.05, 0.1) is 6.10 Å². The Morgan fingerprint density at radius 1 is 1.20 bits per heavy atom. The van der Waals surface area contributed by atoms with Crippen molar-refractivity contribution in [2.24, 2.45) is 5.41 Å². The van der Waals surface area contributed by atoms with Crippen molar-refractivity contribution in [2.45, 2.75) is 57.5 Å². The number of halogens is 1. The standard InChI is InChI=1S/C15H20ClNS.C6H12O/c16-14-5-1-3-13(9-14)4-2-7-17-8-6-15(10-17)11-18-12-15;7-6-4-2-1-3-5-6/h1,3,5,9H,2,4,6-8,10-12H2;6-7H,1-5H2. The molecule has 3 aliphatic rings. The van der Waals surface area contributed by atoms with Gasteiger partial charge >= 0.3 is 0 Å². The number of aliphatic hydroxyl groups excluding tert-OH is 1. The van der Waals surface area contributed by atoms with Gasteiger partial charge in [-0.2, -0.15) is 11.8 Å². The van der Waals surface area contributed by atoms with Crippen LogP contribution in [0.4, 0.5) is 0 Å². The Morgan fingerprint density at radius 3 is 2.56 bits per heavy atom. The first-order chi connectivity index (χ1) is 12.2.